The Morgan fingerprint density at radius 3 is 1.22 bits per heavy atom. The number of thiocarbonyl (C=S) groups is 1. The van der Waals surface area contributed by atoms with Crippen molar-refractivity contribution in [1.82, 2.24) is 60.5 Å². The van der Waals surface area contributed by atoms with Crippen molar-refractivity contribution in [2.75, 3.05) is 54.6 Å². The zero-order chi connectivity index (χ0) is 65.3. The summed E-state index contributed by atoms with van der Waals surface area (Å²) in [7, 11) is -3.62. The van der Waals surface area contributed by atoms with E-state index in [9.17, 15) is 4.79 Å². The maximum Gasteiger partial charge on any atom is 0.343 e. The quantitative estimate of drug-likeness (QED) is 0.0150. The number of aromatic nitrogens is 10. The number of rotatable bonds is 16. The van der Waals surface area contributed by atoms with E-state index in [-0.39, 0.29) is 33.1 Å². The Kier molecular flexibility index (Phi) is 31.4. The van der Waals surface area contributed by atoms with Crippen LogP contribution in [0.5, 0.6) is 0 Å². The number of esters is 1. The number of anilines is 5. The fourth-order valence-corrected chi connectivity index (χ4v) is 8.81. The molecule has 0 aromatic carbocycles. The third kappa shape index (κ3) is 26.9. The lowest BCUT2D eigenvalue weighted by molar-refractivity contribution is 0.0526. The fourth-order valence-electron chi connectivity index (χ4n) is 5.72. The highest BCUT2D eigenvalue weighted by molar-refractivity contribution is 7.80. The smallest absolute Gasteiger partial charge is 0.343 e. The normalized spacial score (nSPS) is 11.9. The zero-order valence-corrected chi connectivity index (χ0v) is 59.2. The van der Waals surface area contributed by atoms with E-state index < -0.39 is 30.9 Å². The van der Waals surface area contributed by atoms with Gasteiger partial charge in [-0.05, 0) is 122 Å². The summed E-state index contributed by atoms with van der Waals surface area (Å²) in [4.78, 5) is 56.6. The molecule has 0 aliphatic heterocycles. The van der Waals surface area contributed by atoms with Crippen LogP contribution in [0.25, 0.3) is 0 Å². The number of aliphatic hydroxyl groups excluding tert-OH is 1. The SMILES string of the molecule is CCNC(=NC)Nc1nc(C)ncc1CO[Si](C)(C)C(C)(C)C.CCNC(=S)Nc1nc(C)ncc1CO[Si](C)(C)C(C)(C)C.CCOC(=O)c1cnc(C)nc1N.Cc1ncc(CO)c(N)n1.Cc1ncc(CO[Si](C)(C)C(C)(C)C)c(N)n1. The number of aliphatic hydroxyl groups is 1. The molecule has 0 aliphatic carbocycles. The van der Waals surface area contributed by atoms with Crippen LogP contribution in [0, 0.1) is 34.6 Å². The van der Waals surface area contributed by atoms with Crippen molar-refractivity contribution >= 4 is 83.3 Å². The number of hydrogen-bond acceptors (Lipinski definition) is 21. The second-order valence-electron chi connectivity index (χ2n) is 24.2. The van der Waals surface area contributed by atoms with Crippen LogP contribution in [0.2, 0.25) is 54.4 Å². The van der Waals surface area contributed by atoms with E-state index in [1.165, 1.54) is 12.4 Å². The number of aliphatic imine (C=N–C) groups is 1. The highest BCUT2D eigenvalue weighted by atomic mass is 32.1. The van der Waals surface area contributed by atoms with Gasteiger partial charge in [-0.2, -0.15) is 0 Å². The number of nitrogens with two attached hydrogens (primary N) is 3. The van der Waals surface area contributed by atoms with Crippen LogP contribution in [0.4, 0.5) is 29.1 Å². The largest absolute Gasteiger partial charge is 0.462 e. The van der Waals surface area contributed by atoms with Gasteiger partial charge in [0.1, 0.15) is 63.8 Å². The Labute approximate surface area is 515 Å². The van der Waals surface area contributed by atoms with Gasteiger partial charge < -0.3 is 61.6 Å². The number of guanidine groups is 1. The second kappa shape index (κ2) is 34.8. The van der Waals surface area contributed by atoms with Gasteiger partial charge in [-0.3, -0.25) is 4.99 Å². The molecule has 85 heavy (non-hydrogen) atoms. The highest BCUT2D eigenvalue weighted by Crippen LogP contribution is 2.39. The molecule has 0 saturated heterocycles. The molecule has 0 fully saturated rings. The lowest BCUT2D eigenvalue weighted by Gasteiger charge is -2.36. The van der Waals surface area contributed by atoms with E-state index in [4.69, 9.17) is 52.5 Å². The summed E-state index contributed by atoms with van der Waals surface area (Å²) in [5, 5.41) is 22.4. The van der Waals surface area contributed by atoms with Crippen LogP contribution in [0.3, 0.4) is 0 Å². The average Bonchev–Trinajstić information content (AvgIpc) is 3.61. The lowest BCUT2D eigenvalue weighted by Crippen LogP contribution is -2.40. The number of nitrogens with one attached hydrogen (secondary N) is 4. The molecule has 0 unspecified atom stereocenters. The number of aryl methyl sites for hydroxylation is 5. The minimum absolute atomic E-state index is 0.105. The molecule has 28 heteroatoms. The Hall–Kier alpha value is -6.28. The molecular formula is C57H102N18O6SSi3. The predicted octanol–water partition coefficient (Wildman–Crippen LogP) is 10.2. The van der Waals surface area contributed by atoms with Gasteiger partial charge in [0.05, 0.1) is 33.0 Å². The molecule has 5 aromatic heterocycles. The summed E-state index contributed by atoms with van der Waals surface area (Å²) < 4.78 is 23.4. The van der Waals surface area contributed by atoms with Crippen LogP contribution in [-0.2, 0) is 44.4 Å². The molecule has 0 amide bonds. The molecule has 5 aromatic rings. The van der Waals surface area contributed by atoms with Gasteiger partial charge in [0.25, 0.3) is 0 Å². The van der Waals surface area contributed by atoms with Crippen molar-refractivity contribution < 1.29 is 27.9 Å². The van der Waals surface area contributed by atoms with Gasteiger partial charge >= 0.3 is 5.97 Å². The maximum absolute atomic E-state index is 11.2. The van der Waals surface area contributed by atoms with E-state index in [0.717, 1.165) is 47.2 Å². The Morgan fingerprint density at radius 2 is 0.882 bits per heavy atom. The molecule has 0 saturated carbocycles. The summed E-state index contributed by atoms with van der Waals surface area (Å²) in [5.41, 5.74) is 20.3. The average molecular weight is 1250 g/mol. The van der Waals surface area contributed by atoms with Crippen molar-refractivity contribution in [3.05, 3.63) is 87.9 Å². The molecule has 0 radical (unpaired) electrons. The zero-order valence-electron chi connectivity index (χ0n) is 55.4. The minimum atomic E-state index is -1.82. The number of nitrogens with zero attached hydrogens (tertiary/aromatic N) is 11. The summed E-state index contributed by atoms with van der Waals surface area (Å²) in [5.74, 6) is 5.98. The first-order valence-corrected chi connectivity index (χ1v) is 37.4. The van der Waals surface area contributed by atoms with Crippen molar-refractivity contribution in [3.8, 4) is 0 Å². The van der Waals surface area contributed by atoms with Crippen molar-refractivity contribution in [3.63, 3.8) is 0 Å². The monoisotopic (exact) mass is 1250 g/mol. The Morgan fingerprint density at radius 1 is 0.541 bits per heavy atom. The van der Waals surface area contributed by atoms with E-state index in [1.807, 2.05) is 47.0 Å². The third-order valence-corrected chi connectivity index (χ3v) is 27.9. The van der Waals surface area contributed by atoms with Crippen LogP contribution in [0.1, 0.15) is 145 Å². The van der Waals surface area contributed by atoms with Crippen molar-refractivity contribution in [2.45, 2.75) is 199 Å². The highest BCUT2D eigenvalue weighted by Gasteiger charge is 2.39. The van der Waals surface area contributed by atoms with E-state index in [0.29, 0.717) is 78.0 Å². The number of hydrogen-bond donors (Lipinski definition) is 8. The topological polar surface area (TPSA) is 342 Å². The lowest BCUT2D eigenvalue weighted by atomic mass is 10.2. The molecule has 0 bridgehead atoms. The third-order valence-electron chi connectivity index (χ3n) is 14.2. The van der Waals surface area contributed by atoms with Gasteiger partial charge in [-0.15, -0.1) is 0 Å². The van der Waals surface area contributed by atoms with Gasteiger partial charge in [0.15, 0.2) is 36.0 Å². The number of carbonyl (C=O) groups excluding carboxylic acids is 1. The Balaban J connectivity index is 0.000000546. The summed E-state index contributed by atoms with van der Waals surface area (Å²) in [6.07, 6.45) is 8.29. The molecule has 5 rings (SSSR count). The molecule has 24 nitrogen and oxygen atoms in total. The first kappa shape index (κ1) is 76.7. The standard InChI is InChI=1S/C16H31N5OSi.C15H28N4OSSi.C12H23N3OSi.C8H11N3O2.C6H9N3O/c1-9-18-15(17-6)21-14-13(10-19-12(2)20-14)11-22-23(7,8)16(3,4)5;1-8-16-14(21)19-13-12(9-17-11(2)18-13)10-20-22(6,7)15(3,4)5;1-9-14-7-10(11(13)15-9)8-16-17(5,6)12(2,3)4;1-3-13-8(12)6-4-10-5(2)11-7(6)9;1-4-8-2-5(3-10)6(7)9-4/h10H,9,11H2,1-8H3,(H2,17,18,19,20,21);9H,8,10H2,1-7H3,(H2,16,17,18,19,21);7H,8H2,1-6H3,(H2,13,14,15);4H,3H2,1-2H3,(H2,9,10,11);2,10H,3H2,1H3,(H2,7,8,9). The molecule has 474 valence electrons. The molecule has 0 spiro atoms. The summed E-state index contributed by atoms with van der Waals surface area (Å²) >= 11 is 5.24. The Bertz CT molecular complexity index is 2940. The molecule has 5 heterocycles. The van der Waals surface area contributed by atoms with E-state index in [2.05, 4.69) is 178 Å². The molecule has 0 aliphatic rings. The predicted molar refractivity (Wildman–Crippen MR) is 355 cm³/mol. The van der Waals surface area contributed by atoms with E-state index in [1.54, 1.807) is 34.0 Å². The molecule has 11 N–H and O–H groups in total. The van der Waals surface area contributed by atoms with Gasteiger partial charge in [0, 0.05) is 73.4 Å². The molecule has 0 atom stereocenters. The summed E-state index contributed by atoms with van der Waals surface area (Å²) in [6.45, 7) is 51.5. The number of ether oxygens (including phenoxy) is 1. The van der Waals surface area contributed by atoms with Crippen molar-refractivity contribution in [1.29, 1.82) is 0 Å². The van der Waals surface area contributed by atoms with Gasteiger partial charge in [-0.25, -0.2) is 54.6 Å². The van der Waals surface area contributed by atoms with Crippen LogP contribution in [0.15, 0.2) is 36.0 Å². The first-order valence-electron chi connectivity index (χ1n) is 28.3. The maximum atomic E-state index is 11.2. The second-order valence-corrected chi connectivity index (χ2v) is 39.0. The molecular weight excluding hydrogens is 1150 g/mol. The van der Waals surface area contributed by atoms with Crippen LogP contribution >= 0.6 is 12.2 Å². The minimum Gasteiger partial charge on any atom is -0.462 e. The van der Waals surface area contributed by atoms with Gasteiger partial charge in [0.2, 0.25) is 0 Å². The van der Waals surface area contributed by atoms with Gasteiger partial charge in [-0.1, -0.05) is 62.3 Å². The van der Waals surface area contributed by atoms with Crippen LogP contribution < -0.4 is 38.5 Å². The first-order chi connectivity index (χ1) is 39.2. The van der Waals surface area contributed by atoms with Crippen LogP contribution in [-0.4, -0.2) is 124 Å². The number of carbonyl (C=O) groups is 1. The van der Waals surface area contributed by atoms with E-state index >= 15 is 0 Å². The summed E-state index contributed by atoms with van der Waals surface area (Å²) in [6, 6.07) is 0. The number of nitrogen functional groups attached to an aromatic ring is 3. The fraction of sp³-hybridized carbons (Fsp3) is 0.596. The van der Waals surface area contributed by atoms with Crippen molar-refractivity contribution in [2.24, 2.45) is 4.99 Å².